The van der Waals surface area contributed by atoms with Crippen molar-refractivity contribution in [3.05, 3.63) is 24.0 Å². The molecule has 2 aliphatic rings. The van der Waals surface area contributed by atoms with Crippen molar-refractivity contribution < 1.29 is 31.9 Å². The van der Waals surface area contributed by atoms with Crippen LogP contribution >= 0.6 is 0 Å². The fourth-order valence-corrected chi connectivity index (χ4v) is 3.95. The predicted octanol–water partition coefficient (Wildman–Crippen LogP) is 1.76. The number of halogens is 1. The molecule has 2 amide bonds. The van der Waals surface area contributed by atoms with Crippen LogP contribution in [0.4, 0.5) is 25.4 Å². The molecule has 12 heteroatoms. The molecule has 1 aromatic carbocycles. The van der Waals surface area contributed by atoms with Gasteiger partial charge >= 0.3 is 12.2 Å². The molecular formula is C20H29FN4O6S. The SMILES string of the molecule is CC(C)(C)OC(=O)N1CCN(c2ccc(N3CC(CNS(C)(=O)=O)OC3=O)cc2F)CC1. The number of carbonyl (C=O) groups excluding carboxylic acids is 2. The third-order valence-corrected chi connectivity index (χ3v) is 5.65. The van der Waals surface area contributed by atoms with Crippen LogP contribution < -0.4 is 14.5 Å². The van der Waals surface area contributed by atoms with E-state index in [2.05, 4.69) is 4.72 Å². The van der Waals surface area contributed by atoms with Crippen LogP contribution in [0.2, 0.25) is 0 Å². The second-order valence-electron chi connectivity index (χ2n) is 8.83. The maximum Gasteiger partial charge on any atom is 0.414 e. The molecule has 178 valence electrons. The first-order chi connectivity index (χ1) is 14.8. The molecule has 0 radical (unpaired) electrons. The number of piperazine rings is 1. The Balaban J connectivity index is 1.60. The average Bonchev–Trinajstić information content (AvgIpc) is 3.05. The highest BCUT2D eigenvalue weighted by Gasteiger charge is 2.33. The largest absolute Gasteiger partial charge is 0.444 e. The summed E-state index contributed by atoms with van der Waals surface area (Å²) in [4.78, 5) is 29.0. The van der Waals surface area contributed by atoms with E-state index in [9.17, 15) is 22.4 Å². The van der Waals surface area contributed by atoms with Gasteiger partial charge in [-0.25, -0.2) is 27.1 Å². The molecule has 1 atom stereocenters. The lowest BCUT2D eigenvalue weighted by atomic mass is 10.2. The van der Waals surface area contributed by atoms with E-state index >= 15 is 0 Å². The Kier molecular flexibility index (Phi) is 6.84. The van der Waals surface area contributed by atoms with Crippen LogP contribution in [0.1, 0.15) is 20.8 Å². The number of carbonyl (C=O) groups is 2. The Morgan fingerprint density at radius 1 is 1.25 bits per heavy atom. The second-order valence-corrected chi connectivity index (χ2v) is 10.7. The molecular weight excluding hydrogens is 443 g/mol. The smallest absolute Gasteiger partial charge is 0.414 e. The summed E-state index contributed by atoms with van der Waals surface area (Å²) in [6, 6.07) is 4.46. The zero-order valence-corrected chi connectivity index (χ0v) is 19.4. The van der Waals surface area contributed by atoms with E-state index in [-0.39, 0.29) is 19.2 Å². The lowest BCUT2D eigenvalue weighted by Crippen LogP contribution is -2.50. The summed E-state index contributed by atoms with van der Waals surface area (Å²) in [7, 11) is -3.41. The Hall–Kier alpha value is -2.60. The highest BCUT2D eigenvalue weighted by Crippen LogP contribution is 2.28. The van der Waals surface area contributed by atoms with Gasteiger partial charge in [0, 0.05) is 32.7 Å². The van der Waals surface area contributed by atoms with Gasteiger partial charge in [-0.3, -0.25) is 4.90 Å². The number of hydrogen-bond acceptors (Lipinski definition) is 7. The third kappa shape index (κ3) is 6.22. The van der Waals surface area contributed by atoms with Crippen molar-refractivity contribution in [3.8, 4) is 0 Å². The van der Waals surface area contributed by atoms with Gasteiger partial charge in [0.05, 0.1) is 24.2 Å². The summed E-state index contributed by atoms with van der Waals surface area (Å²) in [5, 5.41) is 0. The summed E-state index contributed by atoms with van der Waals surface area (Å²) in [5.41, 5.74) is 0.123. The number of benzene rings is 1. The molecule has 1 aromatic rings. The van der Waals surface area contributed by atoms with E-state index in [0.717, 1.165) is 6.26 Å². The van der Waals surface area contributed by atoms with Gasteiger partial charge in [0.15, 0.2) is 0 Å². The van der Waals surface area contributed by atoms with Gasteiger partial charge < -0.3 is 19.3 Å². The van der Waals surface area contributed by atoms with Gasteiger partial charge in [0.2, 0.25) is 10.0 Å². The van der Waals surface area contributed by atoms with Crippen molar-refractivity contribution in [2.45, 2.75) is 32.5 Å². The zero-order valence-electron chi connectivity index (χ0n) is 18.6. The van der Waals surface area contributed by atoms with Crippen LogP contribution in [0.25, 0.3) is 0 Å². The molecule has 1 unspecified atom stereocenters. The topological polar surface area (TPSA) is 108 Å². The van der Waals surface area contributed by atoms with E-state index in [1.165, 1.54) is 11.0 Å². The monoisotopic (exact) mass is 472 g/mol. The molecule has 2 fully saturated rings. The summed E-state index contributed by atoms with van der Waals surface area (Å²) < 4.78 is 50.2. The molecule has 2 aliphatic heterocycles. The highest BCUT2D eigenvalue weighted by atomic mass is 32.2. The summed E-state index contributed by atoms with van der Waals surface area (Å²) in [6.07, 6.45) is -0.701. The van der Waals surface area contributed by atoms with Crippen LogP contribution in [0, 0.1) is 5.82 Å². The second kappa shape index (κ2) is 9.10. The third-order valence-electron chi connectivity index (χ3n) is 4.96. The van der Waals surface area contributed by atoms with Gasteiger partial charge in [-0.2, -0.15) is 0 Å². The first kappa shape index (κ1) is 24.1. The number of sulfonamides is 1. The van der Waals surface area contributed by atoms with Crippen LogP contribution in [0.15, 0.2) is 18.2 Å². The maximum atomic E-state index is 14.9. The minimum absolute atomic E-state index is 0.0520. The fraction of sp³-hybridized carbons (Fsp3) is 0.600. The molecule has 32 heavy (non-hydrogen) atoms. The Morgan fingerprint density at radius 3 is 2.47 bits per heavy atom. The van der Waals surface area contributed by atoms with Crippen LogP contribution in [0.5, 0.6) is 0 Å². The summed E-state index contributed by atoms with van der Waals surface area (Å²) >= 11 is 0. The van der Waals surface area contributed by atoms with E-state index in [4.69, 9.17) is 9.47 Å². The number of nitrogens with zero attached hydrogens (tertiary/aromatic N) is 3. The first-order valence-corrected chi connectivity index (χ1v) is 12.2. The summed E-state index contributed by atoms with van der Waals surface area (Å²) in [6.45, 7) is 7.17. The molecule has 0 bridgehead atoms. The van der Waals surface area contributed by atoms with E-state index in [1.54, 1.807) is 37.8 Å². The van der Waals surface area contributed by atoms with Crippen LogP contribution in [-0.2, 0) is 19.5 Å². The number of amides is 2. The van der Waals surface area contributed by atoms with Crippen molar-refractivity contribution >= 4 is 33.6 Å². The predicted molar refractivity (Wildman–Crippen MR) is 117 cm³/mol. The van der Waals surface area contributed by atoms with Crippen molar-refractivity contribution in [1.82, 2.24) is 9.62 Å². The number of anilines is 2. The Labute approximate surface area is 187 Å². The Bertz CT molecular complexity index is 973. The van der Waals surface area contributed by atoms with Gasteiger partial charge in [0.1, 0.15) is 17.5 Å². The summed E-state index contributed by atoms with van der Waals surface area (Å²) in [5.74, 6) is -0.501. The van der Waals surface area contributed by atoms with Gasteiger partial charge in [-0.1, -0.05) is 0 Å². The number of ether oxygens (including phenoxy) is 2. The molecule has 3 rings (SSSR count). The minimum Gasteiger partial charge on any atom is -0.444 e. The van der Waals surface area contributed by atoms with Gasteiger partial charge in [0.25, 0.3) is 0 Å². The van der Waals surface area contributed by atoms with Crippen LogP contribution in [0.3, 0.4) is 0 Å². The van der Waals surface area contributed by atoms with E-state index < -0.39 is 33.6 Å². The standard InChI is InChI=1S/C20H29FN4O6S/c1-20(2,3)31-18(26)24-9-7-23(8-10-24)17-6-5-14(11-16(17)21)25-13-15(30-19(25)27)12-22-32(4,28)29/h5-6,11,15,22H,7-10,12-13H2,1-4H3. The van der Waals surface area contributed by atoms with Gasteiger partial charge in [-0.05, 0) is 39.0 Å². The van der Waals surface area contributed by atoms with Gasteiger partial charge in [-0.15, -0.1) is 0 Å². The number of rotatable bonds is 5. The lowest BCUT2D eigenvalue weighted by Gasteiger charge is -2.37. The van der Waals surface area contributed by atoms with E-state index in [0.29, 0.717) is 37.6 Å². The number of nitrogens with one attached hydrogen (secondary N) is 1. The molecule has 10 nitrogen and oxygen atoms in total. The molecule has 1 N–H and O–H groups in total. The quantitative estimate of drug-likeness (QED) is 0.696. The molecule has 2 heterocycles. The average molecular weight is 473 g/mol. The van der Waals surface area contributed by atoms with Crippen molar-refractivity contribution in [3.63, 3.8) is 0 Å². The lowest BCUT2D eigenvalue weighted by molar-refractivity contribution is 0.0240. The molecule has 0 saturated carbocycles. The molecule has 0 spiro atoms. The number of cyclic esters (lactones) is 1. The molecule has 2 saturated heterocycles. The van der Waals surface area contributed by atoms with Crippen molar-refractivity contribution in [1.29, 1.82) is 0 Å². The zero-order chi connectivity index (χ0) is 23.7. The Morgan fingerprint density at radius 2 is 1.91 bits per heavy atom. The fourth-order valence-electron chi connectivity index (χ4n) is 3.46. The molecule has 0 aliphatic carbocycles. The van der Waals surface area contributed by atoms with Crippen molar-refractivity contribution in [2.24, 2.45) is 0 Å². The maximum absolute atomic E-state index is 14.9. The van der Waals surface area contributed by atoms with Crippen molar-refractivity contribution in [2.75, 3.05) is 55.3 Å². The minimum atomic E-state index is -3.41. The molecule has 0 aromatic heterocycles. The number of hydrogen-bond donors (Lipinski definition) is 1. The van der Waals surface area contributed by atoms with E-state index in [1.807, 2.05) is 4.90 Å². The first-order valence-electron chi connectivity index (χ1n) is 10.3. The van der Waals surface area contributed by atoms with Crippen LogP contribution in [-0.4, -0.2) is 82.7 Å². The highest BCUT2D eigenvalue weighted by molar-refractivity contribution is 7.88. The normalized spacial score (nSPS) is 19.8.